The lowest BCUT2D eigenvalue weighted by atomic mass is 10.2. The molecule has 0 spiro atoms. The number of piperazine rings is 1. The average Bonchev–Trinajstić information content (AvgIpc) is 2.79. The predicted molar refractivity (Wildman–Crippen MR) is 119 cm³/mol. The van der Waals surface area contributed by atoms with Crippen molar-refractivity contribution in [1.82, 2.24) is 14.5 Å². The topological polar surface area (TPSA) is 73.0 Å². The van der Waals surface area contributed by atoms with E-state index < -0.39 is 10.0 Å². The van der Waals surface area contributed by atoms with Gasteiger partial charge in [0.15, 0.2) is 0 Å². The van der Waals surface area contributed by atoms with Crippen molar-refractivity contribution in [3.05, 3.63) is 60.2 Å². The fraction of sp³-hybridized carbons (Fsp3) is 0.409. The molecular weight excluding hydrogens is 400 g/mol. The molecule has 2 amide bonds. The molecule has 1 aliphatic rings. The van der Waals surface area contributed by atoms with Crippen molar-refractivity contribution in [2.45, 2.75) is 25.3 Å². The quantitative estimate of drug-likeness (QED) is 0.733. The first-order valence-electron chi connectivity index (χ1n) is 10.4. The summed E-state index contributed by atoms with van der Waals surface area (Å²) in [6.45, 7) is 7.83. The van der Waals surface area contributed by atoms with E-state index in [0.29, 0.717) is 32.7 Å². The summed E-state index contributed by atoms with van der Waals surface area (Å²) >= 11 is 0. The second-order valence-electron chi connectivity index (χ2n) is 7.20. The summed E-state index contributed by atoms with van der Waals surface area (Å²) in [4.78, 5) is 16.9. The Hall–Kier alpha value is -2.58. The first kappa shape index (κ1) is 22.1. The minimum Gasteiger partial charge on any atom is -0.368 e. The molecule has 1 heterocycles. The van der Waals surface area contributed by atoms with Crippen LogP contribution in [0.4, 0.5) is 10.5 Å². The summed E-state index contributed by atoms with van der Waals surface area (Å²) in [7, 11) is -3.46. The van der Waals surface area contributed by atoms with Gasteiger partial charge in [-0.3, -0.25) is 0 Å². The first-order valence-corrected chi connectivity index (χ1v) is 11.8. The van der Waals surface area contributed by atoms with Gasteiger partial charge in [0, 0.05) is 51.5 Å². The van der Waals surface area contributed by atoms with E-state index in [1.807, 2.05) is 36.9 Å². The molecule has 2 aromatic rings. The van der Waals surface area contributed by atoms with Gasteiger partial charge in [-0.2, -0.15) is 4.31 Å². The number of carbonyl (C=O) groups is 1. The Kier molecular flexibility index (Phi) is 7.33. The number of para-hydroxylation sites is 1. The van der Waals surface area contributed by atoms with Crippen LogP contribution in [0.1, 0.15) is 19.4 Å². The van der Waals surface area contributed by atoms with E-state index >= 15 is 0 Å². The molecule has 0 atom stereocenters. The molecule has 0 radical (unpaired) electrons. The van der Waals surface area contributed by atoms with Gasteiger partial charge in [0.1, 0.15) is 0 Å². The van der Waals surface area contributed by atoms with E-state index in [1.165, 1.54) is 9.99 Å². The smallest absolute Gasteiger partial charge is 0.317 e. The third kappa shape index (κ3) is 5.12. The summed E-state index contributed by atoms with van der Waals surface area (Å²) < 4.78 is 26.5. The van der Waals surface area contributed by atoms with E-state index in [2.05, 4.69) is 22.3 Å². The molecule has 162 valence electrons. The van der Waals surface area contributed by atoms with E-state index in [4.69, 9.17) is 0 Å². The normalized spacial score (nSPS) is 14.8. The van der Waals surface area contributed by atoms with Crippen molar-refractivity contribution >= 4 is 21.7 Å². The molecule has 1 aliphatic heterocycles. The van der Waals surface area contributed by atoms with Crippen LogP contribution in [0.3, 0.4) is 0 Å². The molecule has 0 aliphatic carbocycles. The van der Waals surface area contributed by atoms with Crippen LogP contribution >= 0.6 is 0 Å². The van der Waals surface area contributed by atoms with Crippen molar-refractivity contribution in [2.24, 2.45) is 0 Å². The Morgan fingerprint density at radius 3 is 2.10 bits per heavy atom. The van der Waals surface area contributed by atoms with Gasteiger partial charge in [-0.15, -0.1) is 0 Å². The van der Waals surface area contributed by atoms with Crippen molar-refractivity contribution in [1.29, 1.82) is 0 Å². The van der Waals surface area contributed by atoms with Crippen LogP contribution < -0.4 is 10.2 Å². The van der Waals surface area contributed by atoms with Crippen molar-refractivity contribution in [3.63, 3.8) is 0 Å². The third-order valence-corrected chi connectivity index (χ3v) is 7.46. The zero-order chi connectivity index (χ0) is 21.6. The number of urea groups is 1. The molecule has 3 rings (SSSR count). The highest BCUT2D eigenvalue weighted by Gasteiger charge is 2.22. The first-order chi connectivity index (χ1) is 14.5. The highest BCUT2D eigenvalue weighted by atomic mass is 32.2. The molecule has 0 saturated carbocycles. The average molecular weight is 431 g/mol. The summed E-state index contributed by atoms with van der Waals surface area (Å²) in [5.41, 5.74) is 2.04. The van der Waals surface area contributed by atoms with E-state index in [-0.39, 0.29) is 10.9 Å². The van der Waals surface area contributed by atoms with Crippen LogP contribution in [0, 0.1) is 0 Å². The molecule has 0 unspecified atom stereocenters. The number of carbonyl (C=O) groups excluding carboxylic acids is 1. The van der Waals surface area contributed by atoms with Crippen molar-refractivity contribution < 1.29 is 13.2 Å². The summed E-state index contributed by atoms with van der Waals surface area (Å²) in [6.07, 6.45) is 0. The minimum atomic E-state index is -3.46. The Bertz CT molecular complexity index is 921. The molecule has 30 heavy (non-hydrogen) atoms. The molecule has 0 aromatic heterocycles. The Labute approximate surface area is 179 Å². The van der Waals surface area contributed by atoms with Gasteiger partial charge in [0.2, 0.25) is 10.0 Å². The van der Waals surface area contributed by atoms with E-state index in [0.717, 1.165) is 18.7 Å². The number of hydrogen-bond donors (Lipinski definition) is 1. The molecule has 0 bridgehead atoms. The van der Waals surface area contributed by atoms with Gasteiger partial charge in [-0.25, -0.2) is 13.2 Å². The van der Waals surface area contributed by atoms with Crippen LogP contribution in [-0.2, 0) is 16.6 Å². The van der Waals surface area contributed by atoms with Crippen molar-refractivity contribution in [2.75, 3.05) is 44.2 Å². The standard InChI is InChI=1S/C22H30N4O3S/c1-3-26(4-2)30(28,29)21-12-10-19(11-13-21)18-23-22(27)25-16-14-24(15-17-25)20-8-6-5-7-9-20/h5-13H,3-4,14-18H2,1-2H3,(H,23,27). The molecule has 2 aromatic carbocycles. The molecular formula is C22H30N4O3S. The fourth-order valence-electron chi connectivity index (χ4n) is 3.59. The second-order valence-corrected chi connectivity index (χ2v) is 9.14. The van der Waals surface area contributed by atoms with Crippen LogP contribution in [0.5, 0.6) is 0 Å². The van der Waals surface area contributed by atoms with Crippen LogP contribution in [0.2, 0.25) is 0 Å². The SMILES string of the molecule is CCN(CC)S(=O)(=O)c1ccc(CNC(=O)N2CCN(c3ccccc3)CC2)cc1. The fourth-order valence-corrected chi connectivity index (χ4v) is 5.05. The van der Waals surface area contributed by atoms with Crippen molar-refractivity contribution in [3.8, 4) is 0 Å². The number of rotatable bonds is 7. The largest absolute Gasteiger partial charge is 0.368 e. The molecule has 7 nitrogen and oxygen atoms in total. The lowest BCUT2D eigenvalue weighted by Gasteiger charge is -2.36. The lowest BCUT2D eigenvalue weighted by Crippen LogP contribution is -2.51. The number of amides is 2. The maximum absolute atomic E-state index is 12.6. The highest BCUT2D eigenvalue weighted by Crippen LogP contribution is 2.17. The monoisotopic (exact) mass is 430 g/mol. The maximum atomic E-state index is 12.6. The van der Waals surface area contributed by atoms with Crippen LogP contribution in [0.15, 0.2) is 59.5 Å². The van der Waals surface area contributed by atoms with Crippen LogP contribution in [0.25, 0.3) is 0 Å². The summed E-state index contributed by atoms with van der Waals surface area (Å²) in [5, 5.41) is 2.94. The van der Waals surface area contributed by atoms with Gasteiger partial charge in [0.05, 0.1) is 4.90 Å². The summed E-state index contributed by atoms with van der Waals surface area (Å²) in [6, 6.07) is 16.8. The summed E-state index contributed by atoms with van der Waals surface area (Å²) in [5.74, 6) is 0. The van der Waals surface area contributed by atoms with Gasteiger partial charge in [-0.1, -0.05) is 44.2 Å². The number of sulfonamides is 1. The zero-order valence-corrected chi connectivity index (χ0v) is 18.4. The lowest BCUT2D eigenvalue weighted by molar-refractivity contribution is 0.194. The highest BCUT2D eigenvalue weighted by molar-refractivity contribution is 7.89. The number of anilines is 1. The Balaban J connectivity index is 1.51. The number of nitrogens with one attached hydrogen (secondary N) is 1. The van der Waals surface area contributed by atoms with Gasteiger partial charge in [0.25, 0.3) is 0 Å². The second kappa shape index (κ2) is 9.95. The van der Waals surface area contributed by atoms with E-state index in [9.17, 15) is 13.2 Å². The maximum Gasteiger partial charge on any atom is 0.317 e. The molecule has 1 saturated heterocycles. The van der Waals surface area contributed by atoms with Gasteiger partial charge in [-0.05, 0) is 29.8 Å². The van der Waals surface area contributed by atoms with E-state index in [1.54, 1.807) is 24.3 Å². The van der Waals surface area contributed by atoms with Gasteiger partial charge >= 0.3 is 6.03 Å². The van der Waals surface area contributed by atoms with Gasteiger partial charge < -0.3 is 15.1 Å². The zero-order valence-electron chi connectivity index (χ0n) is 17.6. The number of nitrogens with zero attached hydrogens (tertiary/aromatic N) is 3. The molecule has 1 fully saturated rings. The third-order valence-electron chi connectivity index (χ3n) is 5.40. The number of benzene rings is 2. The molecule has 1 N–H and O–H groups in total. The number of hydrogen-bond acceptors (Lipinski definition) is 4. The predicted octanol–water partition coefficient (Wildman–Crippen LogP) is 2.75. The van der Waals surface area contributed by atoms with Crippen LogP contribution in [-0.4, -0.2) is 62.9 Å². The Morgan fingerprint density at radius 1 is 0.933 bits per heavy atom. The Morgan fingerprint density at radius 2 is 1.53 bits per heavy atom. The minimum absolute atomic E-state index is 0.0949. The molecule has 8 heteroatoms.